The van der Waals surface area contributed by atoms with Crippen molar-refractivity contribution in [1.29, 1.82) is 0 Å². The van der Waals surface area contributed by atoms with Crippen molar-refractivity contribution in [2.75, 3.05) is 49.6 Å². The van der Waals surface area contributed by atoms with Crippen molar-refractivity contribution < 1.29 is 22.7 Å². The number of aryl methyl sites for hydroxylation is 1. The number of halogens is 3. The molecule has 0 saturated carbocycles. The first-order valence-electron chi connectivity index (χ1n) is 12.2. The molecule has 37 heavy (non-hydrogen) atoms. The van der Waals surface area contributed by atoms with E-state index in [1.54, 1.807) is 5.51 Å². The van der Waals surface area contributed by atoms with Crippen molar-refractivity contribution in [1.82, 2.24) is 14.9 Å². The number of anilines is 2. The monoisotopic (exact) mass is 531 g/mol. The van der Waals surface area contributed by atoms with Crippen LogP contribution in [0.25, 0.3) is 22.5 Å². The molecule has 0 bridgehead atoms. The van der Waals surface area contributed by atoms with Gasteiger partial charge in [-0.05, 0) is 60.2 Å². The predicted molar refractivity (Wildman–Crippen MR) is 138 cm³/mol. The molecule has 4 heterocycles. The van der Waals surface area contributed by atoms with E-state index in [4.69, 9.17) is 9.72 Å². The Morgan fingerprint density at radius 1 is 1.16 bits per heavy atom. The number of benzene rings is 1. The molecule has 0 unspecified atom stereocenters. The summed E-state index contributed by atoms with van der Waals surface area (Å²) >= 11 is 1.51. The van der Waals surface area contributed by atoms with Gasteiger partial charge in [0.15, 0.2) is 0 Å². The highest BCUT2D eigenvalue weighted by molar-refractivity contribution is 7.07. The fraction of sp³-hybridized carbons (Fsp3) is 0.423. The minimum atomic E-state index is -4.22. The molecule has 2 saturated heterocycles. The van der Waals surface area contributed by atoms with Gasteiger partial charge >= 0.3 is 12.2 Å². The number of rotatable bonds is 5. The van der Waals surface area contributed by atoms with Gasteiger partial charge in [-0.25, -0.2) is 14.8 Å². The lowest BCUT2D eigenvalue weighted by Crippen LogP contribution is -2.36. The number of nitrogens with one attached hydrogen (secondary N) is 1. The Labute approximate surface area is 217 Å². The molecule has 1 aromatic carbocycles. The number of thiazole rings is 1. The van der Waals surface area contributed by atoms with Gasteiger partial charge in [0.05, 0.1) is 30.1 Å². The van der Waals surface area contributed by atoms with E-state index in [0.29, 0.717) is 31.9 Å². The fourth-order valence-corrected chi connectivity index (χ4v) is 5.37. The summed E-state index contributed by atoms with van der Waals surface area (Å²) in [4.78, 5) is 25.8. The molecule has 0 aliphatic carbocycles. The SMILES string of the molecule is Cc1ccc(NC(=O)N2CC[C@@H](CC(F)(F)F)C2)cc1-c1cc(-c2cscn2)nc(N2CCOCC2)c1. The molecule has 2 aromatic heterocycles. The predicted octanol–water partition coefficient (Wildman–Crippen LogP) is 5.82. The number of carbonyl (C=O) groups is 1. The summed E-state index contributed by atoms with van der Waals surface area (Å²) in [5, 5.41) is 4.84. The number of hydrogen-bond donors (Lipinski definition) is 1. The van der Waals surface area contributed by atoms with Gasteiger partial charge in [-0.3, -0.25) is 0 Å². The minimum absolute atomic E-state index is 0.105. The topological polar surface area (TPSA) is 70.6 Å². The summed E-state index contributed by atoms with van der Waals surface area (Å²) in [6.45, 7) is 5.18. The second kappa shape index (κ2) is 10.7. The van der Waals surface area contributed by atoms with Crippen molar-refractivity contribution in [3.05, 3.63) is 46.8 Å². The number of amides is 2. The van der Waals surface area contributed by atoms with Crippen molar-refractivity contribution >= 4 is 28.9 Å². The van der Waals surface area contributed by atoms with Gasteiger partial charge in [-0.1, -0.05) is 6.07 Å². The zero-order valence-corrected chi connectivity index (χ0v) is 21.2. The number of urea groups is 1. The van der Waals surface area contributed by atoms with Crippen LogP contribution in [0.1, 0.15) is 18.4 Å². The Hall–Kier alpha value is -3.18. The quantitative estimate of drug-likeness (QED) is 0.449. The Kier molecular flexibility index (Phi) is 7.34. The molecule has 2 aliphatic rings. The Morgan fingerprint density at radius 2 is 1.97 bits per heavy atom. The van der Waals surface area contributed by atoms with Crippen molar-refractivity contribution in [2.45, 2.75) is 25.9 Å². The molecule has 2 fully saturated rings. The molecule has 2 amide bonds. The van der Waals surface area contributed by atoms with E-state index in [-0.39, 0.29) is 12.6 Å². The lowest BCUT2D eigenvalue weighted by atomic mass is 9.99. The number of pyridine rings is 1. The molecule has 1 atom stereocenters. The number of morpholine rings is 1. The average molecular weight is 532 g/mol. The van der Waals surface area contributed by atoms with Crippen LogP contribution in [0.2, 0.25) is 0 Å². The molecule has 11 heteroatoms. The highest BCUT2D eigenvalue weighted by Gasteiger charge is 2.36. The summed E-state index contributed by atoms with van der Waals surface area (Å²) in [5.74, 6) is 0.282. The molecular weight excluding hydrogens is 503 g/mol. The Balaban J connectivity index is 1.39. The molecule has 2 aliphatic heterocycles. The third kappa shape index (κ3) is 6.22. The maximum atomic E-state index is 12.8. The van der Waals surface area contributed by atoms with Crippen LogP contribution in [0.3, 0.4) is 0 Å². The molecular formula is C26H28F3N5O2S. The molecule has 0 radical (unpaired) electrons. The lowest BCUT2D eigenvalue weighted by Gasteiger charge is -2.28. The molecule has 1 N–H and O–H groups in total. The third-order valence-corrected chi connectivity index (χ3v) is 7.32. The first-order valence-corrected chi connectivity index (χ1v) is 13.2. The number of alkyl halides is 3. The summed E-state index contributed by atoms with van der Waals surface area (Å²) in [5.41, 5.74) is 6.82. The highest BCUT2D eigenvalue weighted by Crippen LogP contribution is 2.34. The van der Waals surface area contributed by atoms with Crippen LogP contribution < -0.4 is 10.2 Å². The molecule has 5 rings (SSSR count). The standard InChI is InChI=1S/C26H28F3N5O2S/c1-17-2-3-20(31-25(35)34-5-4-18(14-34)13-26(27,28)29)12-21(17)19-10-22(23-15-37-16-30-23)32-24(11-19)33-6-8-36-9-7-33/h2-3,10-12,15-16,18H,4-9,13-14H2,1H3,(H,31,35)/t18-/m0/s1. The number of aromatic nitrogens is 2. The number of likely N-dealkylation sites (tertiary alicyclic amines) is 1. The van der Waals surface area contributed by atoms with Gasteiger partial charge in [0.2, 0.25) is 0 Å². The highest BCUT2D eigenvalue weighted by atomic mass is 32.1. The Bertz CT molecular complexity index is 1250. The number of hydrogen-bond acceptors (Lipinski definition) is 6. The molecule has 196 valence electrons. The van der Waals surface area contributed by atoms with E-state index in [2.05, 4.69) is 15.2 Å². The number of nitrogens with zero attached hydrogens (tertiary/aromatic N) is 4. The van der Waals surface area contributed by atoms with E-state index in [1.807, 2.05) is 42.6 Å². The van der Waals surface area contributed by atoms with Gasteiger partial charge in [-0.2, -0.15) is 13.2 Å². The lowest BCUT2D eigenvalue weighted by molar-refractivity contribution is -0.143. The smallest absolute Gasteiger partial charge is 0.378 e. The first kappa shape index (κ1) is 25.5. The van der Waals surface area contributed by atoms with E-state index in [1.165, 1.54) is 16.2 Å². The van der Waals surface area contributed by atoms with Crippen LogP contribution in [0.15, 0.2) is 41.2 Å². The van der Waals surface area contributed by atoms with Crippen LogP contribution in [0.4, 0.5) is 29.5 Å². The van der Waals surface area contributed by atoms with Crippen LogP contribution in [-0.2, 0) is 4.74 Å². The van der Waals surface area contributed by atoms with E-state index in [9.17, 15) is 18.0 Å². The summed E-state index contributed by atoms with van der Waals surface area (Å²) in [7, 11) is 0. The van der Waals surface area contributed by atoms with Gasteiger partial charge < -0.3 is 19.9 Å². The minimum Gasteiger partial charge on any atom is -0.378 e. The van der Waals surface area contributed by atoms with Crippen LogP contribution in [-0.4, -0.2) is 66.5 Å². The molecule has 7 nitrogen and oxygen atoms in total. The van der Waals surface area contributed by atoms with E-state index < -0.39 is 18.5 Å². The van der Waals surface area contributed by atoms with Crippen molar-refractivity contribution in [3.8, 4) is 22.5 Å². The van der Waals surface area contributed by atoms with Gasteiger partial charge in [0.1, 0.15) is 5.82 Å². The summed E-state index contributed by atoms with van der Waals surface area (Å²) in [6, 6.07) is 9.29. The van der Waals surface area contributed by atoms with E-state index in [0.717, 1.165) is 47.0 Å². The summed E-state index contributed by atoms with van der Waals surface area (Å²) in [6.07, 6.45) is -4.72. The van der Waals surface area contributed by atoms with Gasteiger partial charge in [-0.15, -0.1) is 11.3 Å². The average Bonchev–Trinajstić information content (AvgIpc) is 3.57. The molecule has 3 aromatic rings. The molecule has 0 spiro atoms. The first-order chi connectivity index (χ1) is 17.7. The maximum Gasteiger partial charge on any atom is 0.389 e. The Morgan fingerprint density at radius 3 is 2.70 bits per heavy atom. The van der Waals surface area contributed by atoms with Crippen LogP contribution >= 0.6 is 11.3 Å². The summed E-state index contributed by atoms with van der Waals surface area (Å²) < 4.78 is 43.8. The maximum absolute atomic E-state index is 12.8. The zero-order valence-electron chi connectivity index (χ0n) is 20.4. The van der Waals surface area contributed by atoms with Crippen LogP contribution in [0, 0.1) is 12.8 Å². The number of carbonyl (C=O) groups excluding carboxylic acids is 1. The zero-order chi connectivity index (χ0) is 26.0. The number of ether oxygens (including phenoxy) is 1. The fourth-order valence-electron chi connectivity index (χ4n) is 4.82. The van der Waals surface area contributed by atoms with Gasteiger partial charge in [0, 0.05) is 43.7 Å². The van der Waals surface area contributed by atoms with Gasteiger partial charge in [0.25, 0.3) is 0 Å². The second-order valence-electron chi connectivity index (χ2n) is 9.45. The normalized spacial score (nSPS) is 18.3. The largest absolute Gasteiger partial charge is 0.389 e. The van der Waals surface area contributed by atoms with Crippen molar-refractivity contribution in [2.24, 2.45) is 5.92 Å². The van der Waals surface area contributed by atoms with E-state index >= 15 is 0 Å². The van der Waals surface area contributed by atoms with Crippen LogP contribution in [0.5, 0.6) is 0 Å². The van der Waals surface area contributed by atoms with Crippen molar-refractivity contribution in [3.63, 3.8) is 0 Å². The second-order valence-corrected chi connectivity index (χ2v) is 10.2. The third-order valence-electron chi connectivity index (χ3n) is 6.73.